The summed E-state index contributed by atoms with van der Waals surface area (Å²) in [6, 6.07) is 6.15. The van der Waals surface area contributed by atoms with Gasteiger partial charge < -0.3 is 14.6 Å². The van der Waals surface area contributed by atoms with Crippen molar-refractivity contribution in [1.29, 1.82) is 0 Å². The minimum Gasteiger partial charge on any atom is -0.755 e. The minimum atomic E-state index is -5.10. The number of ketones is 1. The number of nitrogens with zero attached hydrogens (tertiary/aromatic N) is 3. The number of rotatable bonds is 3. The van der Waals surface area contributed by atoms with Gasteiger partial charge in [0.1, 0.15) is 5.00 Å². The first-order valence-electron chi connectivity index (χ1n) is 7.91. The average Bonchev–Trinajstić information content (AvgIpc) is 3.20. The SMILES string of the molecule is O=C1c2ccsc2N=C2N(c3ccc(N(S(=O)[O-])C(F)(F)F)cc3)CCC12O. The van der Waals surface area contributed by atoms with Crippen LogP contribution in [0.5, 0.6) is 0 Å². The Labute approximate surface area is 163 Å². The summed E-state index contributed by atoms with van der Waals surface area (Å²) >= 11 is -2.29. The highest BCUT2D eigenvalue weighted by Gasteiger charge is 2.52. The lowest BCUT2D eigenvalue weighted by molar-refractivity contribution is -0.115. The highest BCUT2D eigenvalue weighted by molar-refractivity contribution is 7.80. The molecule has 1 saturated heterocycles. The van der Waals surface area contributed by atoms with Crippen molar-refractivity contribution in [3.8, 4) is 0 Å². The highest BCUT2D eigenvalue weighted by atomic mass is 32.2. The molecule has 1 aromatic heterocycles. The summed E-state index contributed by atoms with van der Waals surface area (Å²) in [6.07, 6.45) is -5.02. The van der Waals surface area contributed by atoms with Gasteiger partial charge in [-0.3, -0.25) is 9.00 Å². The van der Waals surface area contributed by atoms with E-state index in [4.69, 9.17) is 0 Å². The molecule has 0 aliphatic carbocycles. The van der Waals surface area contributed by atoms with E-state index in [1.807, 2.05) is 0 Å². The molecule has 7 nitrogen and oxygen atoms in total. The van der Waals surface area contributed by atoms with Gasteiger partial charge in [-0.2, -0.15) is 0 Å². The van der Waals surface area contributed by atoms with Gasteiger partial charge in [0.25, 0.3) is 0 Å². The Morgan fingerprint density at radius 1 is 1.29 bits per heavy atom. The van der Waals surface area contributed by atoms with Gasteiger partial charge in [0.05, 0.1) is 22.5 Å². The van der Waals surface area contributed by atoms with Gasteiger partial charge in [-0.25, -0.2) is 9.30 Å². The van der Waals surface area contributed by atoms with Crippen LogP contribution >= 0.6 is 11.3 Å². The van der Waals surface area contributed by atoms with Gasteiger partial charge in [-0.05, 0) is 35.7 Å². The maximum Gasteiger partial charge on any atom is 0.495 e. The summed E-state index contributed by atoms with van der Waals surface area (Å²) in [5.74, 6) is -0.349. The predicted molar refractivity (Wildman–Crippen MR) is 96.6 cm³/mol. The number of aliphatic imine (C=N–C) groups is 1. The van der Waals surface area contributed by atoms with Crippen LogP contribution in [0.3, 0.4) is 0 Å². The van der Waals surface area contributed by atoms with Crippen molar-refractivity contribution >= 4 is 50.6 Å². The number of hydrogen-bond acceptors (Lipinski definition) is 7. The van der Waals surface area contributed by atoms with Crippen molar-refractivity contribution in [2.24, 2.45) is 4.99 Å². The summed E-state index contributed by atoms with van der Waals surface area (Å²) in [5, 5.41) is 13.0. The Balaban J connectivity index is 1.70. The highest BCUT2D eigenvalue weighted by Crippen LogP contribution is 2.42. The van der Waals surface area contributed by atoms with Gasteiger partial charge in [-0.15, -0.1) is 24.5 Å². The van der Waals surface area contributed by atoms with Crippen LogP contribution in [-0.4, -0.2) is 43.9 Å². The molecule has 0 radical (unpaired) electrons. The smallest absolute Gasteiger partial charge is 0.495 e. The molecular formula is C16H11F3N3O4S2-. The second-order valence-electron chi connectivity index (χ2n) is 6.16. The zero-order chi connectivity index (χ0) is 20.3. The van der Waals surface area contributed by atoms with Crippen LogP contribution in [0.15, 0.2) is 40.7 Å². The molecule has 2 aliphatic rings. The number of amidine groups is 1. The second kappa shape index (κ2) is 6.37. The number of thiophene rings is 1. The number of anilines is 2. The third-order valence-corrected chi connectivity index (χ3v) is 6.09. The third kappa shape index (κ3) is 2.83. The topological polar surface area (TPSA) is 96.3 Å². The van der Waals surface area contributed by atoms with Gasteiger partial charge in [0.2, 0.25) is 5.78 Å². The van der Waals surface area contributed by atoms with E-state index in [1.54, 1.807) is 11.4 Å². The third-order valence-electron chi connectivity index (χ3n) is 4.57. The molecule has 1 N–H and O–H groups in total. The Hall–Kier alpha value is -2.28. The lowest BCUT2D eigenvalue weighted by Crippen LogP contribution is -2.48. The average molecular weight is 430 g/mol. The van der Waals surface area contributed by atoms with E-state index in [9.17, 15) is 31.8 Å². The number of carbonyl (C=O) groups excluding carboxylic acids is 1. The minimum absolute atomic E-state index is 0.0843. The molecule has 3 heterocycles. The van der Waals surface area contributed by atoms with Gasteiger partial charge in [-0.1, -0.05) is 0 Å². The lowest BCUT2D eigenvalue weighted by Gasteiger charge is -2.30. The Morgan fingerprint density at radius 2 is 1.96 bits per heavy atom. The number of hydrogen-bond donors (Lipinski definition) is 1. The van der Waals surface area contributed by atoms with E-state index in [2.05, 4.69) is 4.99 Å². The number of alkyl halides is 3. The van der Waals surface area contributed by atoms with Gasteiger partial charge >= 0.3 is 6.30 Å². The standard InChI is InChI=1S/C16H12F3N3O4S2/c17-16(18,19)22(28(25)26)10-3-1-9(2-4-10)21-7-6-15(24)12(23)11-5-8-27-13(11)20-14(15)21/h1-5,8,24H,6-7H2,(H,25,26)/p-1. The van der Waals surface area contributed by atoms with E-state index in [0.717, 1.165) is 12.1 Å². The number of halogens is 3. The van der Waals surface area contributed by atoms with Crippen LogP contribution in [0.2, 0.25) is 0 Å². The molecule has 1 fully saturated rings. The zero-order valence-electron chi connectivity index (χ0n) is 13.8. The van der Waals surface area contributed by atoms with Crippen molar-refractivity contribution in [1.82, 2.24) is 0 Å². The fraction of sp³-hybridized carbons (Fsp3) is 0.250. The molecule has 1 aromatic carbocycles. The molecule has 2 aliphatic heterocycles. The summed E-state index contributed by atoms with van der Waals surface area (Å²) < 4.78 is 60.0. The predicted octanol–water partition coefficient (Wildman–Crippen LogP) is 2.74. The number of benzene rings is 1. The fourth-order valence-corrected chi connectivity index (χ4v) is 4.52. The van der Waals surface area contributed by atoms with Gasteiger partial charge in [0.15, 0.2) is 11.4 Å². The molecule has 2 aromatic rings. The molecular weight excluding hydrogens is 419 g/mol. The summed E-state index contributed by atoms with van der Waals surface area (Å²) in [4.78, 5) is 18.5. The molecule has 4 rings (SSSR count). The summed E-state index contributed by atoms with van der Waals surface area (Å²) in [6.45, 7) is 0.228. The summed E-state index contributed by atoms with van der Waals surface area (Å²) in [7, 11) is 0. The molecule has 12 heteroatoms. The maximum atomic E-state index is 12.9. The Kier molecular flexibility index (Phi) is 4.34. The Morgan fingerprint density at radius 3 is 2.57 bits per heavy atom. The monoisotopic (exact) mass is 430 g/mol. The molecule has 0 amide bonds. The van der Waals surface area contributed by atoms with E-state index < -0.39 is 38.9 Å². The van der Waals surface area contributed by atoms with Crippen molar-refractivity contribution in [2.45, 2.75) is 18.3 Å². The molecule has 0 saturated carbocycles. The van der Waals surface area contributed by atoms with Crippen molar-refractivity contribution < 1.29 is 31.8 Å². The van der Waals surface area contributed by atoms with E-state index in [-0.39, 0.29) is 18.8 Å². The summed E-state index contributed by atoms with van der Waals surface area (Å²) in [5.41, 5.74) is -1.65. The zero-order valence-corrected chi connectivity index (χ0v) is 15.5. The van der Waals surface area contributed by atoms with E-state index in [0.29, 0.717) is 16.3 Å². The molecule has 2 atom stereocenters. The maximum absolute atomic E-state index is 12.9. The number of fused-ring (bicyclic) bond motifs is 2. The molecule has 28 heavy (non-hydrogen) atoms. The van der Waals surface area contributed by atoms with Gasteiger partial charge in [0, 0.05) is 18.7 Å². The first kappa shape index (κ1) is 19.1. The molecule has 0 spiro atoms. The second-order valence-corrected chi connectivity index (χ2v) is 7.86. The fourth-order valence-electron chi connectivity index (χ4n) is 3.30. The normalized spacial score (nSPS) is 22.5. The van der Waals surface area contributed by atoms with Crippen LogP contribution in [0.1, 0.15) is 16.8 Å². The van der Waals surface area contributed by atoms with E-state index >= 15 is 0 Å². The molecule has 148 valence electrons. The number of aliphatic hydroxyl groups is 1. The number of Topliss-reactive ketones (excluding diaryl/α,β-unsaturated/α-hetero) is 1. The first-order valence-corrected chi connectivity index (χ1v) is 9.82. The molecule has 0 bridgehead atoms. The van der Waals surface area contributed by atoms with Crippen molar-refractivity contribution in [3.63, 3.8) is 0 Å². The lowest BCUT2D eigenvalue weighted by atomic mass is 9.90. The first-order chi connectivity index (χ1) is 13.1. The van der Waals surface area contributed by atoms with Crippen molar-refractivity contribution in [3.05, 3.63) is 41.3 Å². The van der Waals surface area contributed by atoms with Crippen LogP contribution in [-0.2, 0) is 11.3 Å². The number of carbonyl (C=O) groups is 1. The van der Waals surface area contributed by atoms with E-state index in [1.165, 1.54) is 28.4 Å². The van der Waals surface area contributed by atoms with Crippen LogP contribution in [0.25, 0.3) is 0 Å². The Bertz CT molecular complexity index is 1010. The van der Waals surface area contributed by atoms with Crippen LogP contribution in [0, 0.1) is 0 Å². The molecule has 2 unspecified atom stereocenters. The quantitative estimate of drug-likeness (QED) is 0.597. The van der Waals surface area contributed by atoms with Crippen LogP contribution in [0.4, 0.5) is 29.5 Å². The largest absolute Gasteiger partial charge is 0.755 e. The van der Waals surface area contributed by atoms with Crippen molar-refractivity contribution in [2.75, 3.05) is 15.7 Å². The van der Waals surface area contributed by atoms with Crippen LogP contribution < -0.4 is 9.21 Å².